The quantitative estimate of drug-likeness (QED) is 0.757. The van der Waals surface area contributed by atoms with E-state index in [1.807, 2.05) is 0 Å². The van der Waals surface area contributed by atoms with Gasteiger partial charge in [0.25, 0.3) is 5.56 Å². The molecule has 1 heterocycles. The SMILES string of the molecule is CC(=O)c1c(C)n(C)c(=O)n(CCc2ccc(OC(F)(F)F)cc2)c1=O. The van der Waals surface area contributed by atoms with E-state index in [0.717, 1.165) is 16.7 Å². The second-order valence-electron chi connectivity index (χ2n) is 5.76. The average Bonchev–Trinajstić information content (AvgIpc) is 2.52. The molecule has 0 spiro atoms. The van der Waals surface area contributed by atoms with E-state index in [-0.39, 0.29) is 30.0 Å². The molecular weight excluding hydrogens is 353 g/mol. The van der Waals surface area contributed by atoms with E-state index >= 15 is 0 Å². The van der Waals surface area contributed by atoms with Gasteiger partial charge in [-0.05, 0) is 38.0 Å². The molecule has 0 unspecified atom stereocenters. The zero-order valence-corrected chi connectivity index (χ0v) is 14.4. The van der Waals surface area contributed by atoms with Crippen molar-refractivity contribution in [2.75, 3.05) is 0 Å². The summed E-state index contributed by atoms with van der Waals surface area (Å²) in [5, 5.41) is 0. The highest BCUT2D eigenvalue weighted by atomic mass is 19.4. The Labute approximate surface area is 146 Å². The molecule has 6 nitrogen and oxygen atoms in total. The minimum absolute atomic E-state index is 0.00839. The fraction of sp³-hybridized carbons (Fsp3) is 0.353. The second-order valence-corrected chi connectivity index (χ2v) is 5.76. The molecule has 0 saturated carbocycles. The number of halogens is 3. The molecule has 0 N–H and O–H groups in total. The summed E-state index contributed by atoms with van der Waals surface area (Å²) < 4.78 is 42.4. The molecule has 0 aliphatic rings. The van der Waals surface area contributed by atoms with Gasteiger partial charge in [-0.15, -0.1) is 13.2 Å². The summed E-state index contributed by atoms with van der Waals surface area (Å²) in [6.45, 7) is 2.76. The number of benzene rings is 1. The highest BCUT2D eigenvalue weighted by Gasteiger charge is 2.30. The number of ketones is 1. The second kappa shape index (κ2) is 7.19. The van der Waals surface area contributed by atoms with Crippen molar-refractivity contribution in [2.45, 2.75) is 33.2 Å². The Morgan fingerprint density at radius 3 is 2.23 bits per heavy atom. The van der Waals surface area contributed by atoms with Crippen LogP contribution in [0.3, 0.4) is 0 Å². The molecule has 26 heavy (non-hydrogen) atoms. The number of aromatic nitrogens is 2. The van der Waals surface area contributed by atoms with Gasteiger partial charge in [0.05, 0.1) is 0 Å². The number of hydrogen-bond donors (Lipinski definition) is 0. The number of carbonyl (C=O) groups excluding carboxylic acids is 1. The molecule has 0 aliphatic carbocycles. The van der Waals surface area contributed by atoms with Crippen molar-refractivity contribution >= 4 is 5.78 Å². The van der Waals surface area contributed by atoms with Crippen LogP contribution in [0.4, 0.5) is 13.2 Å². The van der Waals surface area contributed by atoms with Crippen molar-refractivity contribution in [3.8, 4) is 5.75 Å². The van der Waals surface area contributed by atoms with E-state index in [9.17, 15) is 27.6 Å². The van der Waals surface area contributed by atoms with E-state index in [0.29, 0.717) is 5.56 Å². The van der Waals surface area contributed by atoms with Crippen molar-refractivity contribution in [3.63, 3.8) is 0 Å². The zero-order valence-electron chi connectivity index (χ0n) is 14.4. The Morgan fingerprint density at radius 2 is 1.73 bits per heavy atom. The average molecular weight is 370 g/mol. The van der Waals surface area contributed by atoms with Crippen molar-refractivity contribution in [2.24, 2.45) is 7.05 Å². The van der Waals surface area contributed by atoms with Gasteiger partial charge in [0, 0.05) is 19.3 Å². The third-order valence-electron chi connectivity index (χ3n) is 3.97. The fourth-order valence-electron chi connectivity index (χ4n) is 2.57. The van der Waals surface area contributed by atoms with Crippen molar-refractivity contribution < 1.29 is 22.7 Å². The molecule has 0 saturated heterocycles. The predicted octanol–water partition coefficient (Wildman–Crippen LogP) is 2.20. The number of Topliss-reactive ketones (excluding diaryl/α,β-unsaturated/α-hetero) is 1. The lowest BCUT2D eigenvalue weighted by atomic mass is 10.1. The van der Waals surface area contributed by atoms with Gasteiger partial charge in [-0.1, -0.05) is 12.1 Å². The topological polar surface area (TPSA) is 70.3 Å². The van der Waals surface area contributed by atoms with Crippen LogP contribution in [0, 0.1) is 6.92 Å². The summed E-state index contributed by atoms with van der Waals surface area (Å²) in [6.07, 6.45) is -4.55. The van der Waals surface area contributed by atoms with Crippen LogP contribution >= 0.6 is 0 Å². The Balaban J connectivity index is 2.26. The van der Waals surface area contributed by atoms with E-state index in [1.54, 1.807) is 0 Å². The maximum Gasteiger partial charge on any atom is 0.573 e. The summed E-state index contributed by atoms with van der Waals surface area (Å²) in [5.74, 6) is -0.797. The first-order valence-electron chi connectivity index (χ1n) is 7.67. The van der Waals surface area contributed by atoms with Crippen LogP contribution in [-0.2, 0) is 20.0 Å². The highest BCUT2D eigenvalue weighted by Crippen LogP contribution is 2.22. The van der Waals surface area contributed by atoms with Crippen molar-refractivity contribution in [1.82, 2.24) is 9.13 Å². The van der Waals surface area contributed by atoms with Gasteiger partial charge in [-0.25, -0.2) is 4.79 Å². The predicted molar refractivity (Wildman–Crippen MR) is 87.5 cm³/mol. The molecule has 2 aromatic rings. The molecule has 1 aromatic heterocycles. The lowest BCUT2D eigenvalue weighted by molar-refractivity contribution is -0.274. The molecule has 9 heteroatoms. The highest BCUT2D eigenvalue weighted by molar-refractivity contribution is 5.94. The molecule has 0 amide bonds. The Morgan fingerprint density at radius 1 is 1.15 bits per heavy atom. The number of ether oxygens (including phenoxy) is 1. The molecule has 0 aliphatic heterocycles. The molecule has 0 fully saturated rings. The third-order valence-corrected chi connectivity index (χ3v) is 3.97. The number of nitrogens with zero attached hydrogens (tertiary/aromatic N) is 2. The van der Waals surface area contributed by atoms with Crippen LogP contribution in [0.25, 0.3) is 0 Å². The Kier molecular flexibility index (Phi) is 5.38. The number of carbonyl (C=O) groups is 1. The van der Waals surface area contributed by atoms with Crippen LogP contribution in [0.1, 0.15) is 28.5 Å². The van der Waals surface area contributed by atoms with Crippen LogP contribution in [-0.4, -0.2) is 21.3 Å². The van der Waals surface area contributed by atoms with E-state index in [2.05, 4.69) is 4.74 Å². The number of alkyl halides is 3. The van der Waals surface area contributed by atoms with Crippen molar-refractivity contribution in [1.29, 1.82) is 0 Å². The molecule has 0 atom stereocenters. The minimum atomic E-state index is -4.77. The molecule has 2 rings (SSSR count). The monoisotopic (exact) mass is 370 g/mol. The van der Waals surface area contributed by atoms with Crippen LogP contribution in [0.2, 0.25) is 0 Å². The van der Waals surface area contributed by atoms with Gasteiger partial charge in [0.1, 0.15) is 11.3 Å². The molecule has 0 bridgehead atoms. The summed E-state index contributed by atoms with van der Waals surface area (Å²) >= 11 is 0. The number of rotatable bonds is 5. The zero-order chi connectivity index (χ0) is 19.6. The normalized spacial score (nSPS) is 11.5. The Bertz CT molecular complexity index is 941. The Hall–Kier alpha value is -2.84. The summed E-state index contributed by atoms with van der Waals surface area (Å²) in [5.41, 5.74) is -0.387. The summed E-state index contributed by atoms with van der Waals surface area (Å²) in [6, 6.07) is 5.13. The maximum absolute atomic E-state index is 12.4. The summed E-state index contributed by atoms with van der Waals surface area (Å²) in [7, 11) is 1.46. The first kappa shape index (κ1) is 19.5. The van der Waals surface area contributed by atoms with Crippen LogP contribution < -0.4 is 16.0 Å². The minimum Gasteiger partial charge on any atom is -0.406 e. The lowest BCUT2D eigenvalue weighted by Crippen LogP contribution is -2.43. The van der Waals surface area contributed by atoms with Crippen molar-refractivity contribution in [3.05, 3.63) is 61.9 Å². The first-order chi connectivity index (χ1) is 12.0. The standard InChI is InChI=1S/C17H17F3N2O4/c1-10-14(11(2)23)15(24)22(16(25)21(10)3)9-8-12-4-6-13(7-5-12)26-17(18,19)20/h4-7H,8-9H2,1-3H3. The van der Waals surface area contributed by atoms with Gasteiger partial charge < -0.3 is 9.30 Å². The van der Waals surface area contributed by atoms with Gasteiger partial charge >= 0.3 is 12.1 Å². The van der Waals surface area contributed by atoms with Crippen LogP contribution in [0.5, 0.6) is 5.75 Å². The fourth-order valence-corrected chi connectivity index (χ4v) is 2.57. The number of aryl methyl sites for hydroxylation is 1. The van der Waals surface area contributed by atoms with Gasteiger partial charge in [-0.3, -0.25) is 14.2 Å². The smallest absolute Gasteiger partial charge is 0.406 e. The summed E-state index contributed by atoms with van der Waals surface area (Å²) in [4.78, 5) is 36.4. The van der Waals surface area contributed by atoms with E-state index in [4.69, 9.17) is 0 Å². The maximum atomic E-state index is 12.4. The van der Waals surface area contributed by atoms with E-state index < -0.39 is 23.4 Å². The first-order valence-corrected chi connectivity index (χ1v) is 7.67. The molecule has 1 aromatic carbocycles. The molecule has 140 valence electrons. The van der Waals surface area contributed by atoms with Gasteiger partial charge in [-0.2, -0.15) is 0 Å². The lowest BCUT2D eigenvalue weighted by Gasteiger charge is -2.13. The number of hydrogen-bond acceptors (Lipinski definition) is 4. The van der Waals surface area contributed by atoms with Gasteiger partial charge in [0.2, 0.25) is 0 Å². The molecular formula is C17H17F3N2O4. The van der Waals surface area contributed by atoms with Crippen LogP contribution in [0.15, 0.2) is 33.9 Å². The van der Waals surface area contributed by atoms with E-state index in [1.165, 1.54) is 37.6 Å². The van der Waals surface area contributed by atoms with Gasteiger partial charge in [0.15, 0.2) is 5.78 Å². The largest absolute Gasteiger partial charge is 0.573 e. The molecule has 0 radical (unpaired) electrons. The third kappa shape index (κ3) is 4.22.